The van der Waals surface area contributed by atoms with E-state index in [2.05, 4.69) is 10.1 Å². The lowest BCUT2D eigenvalue weighted by Gasteiger charge is -2.32. The zero-order valence-electron chi connectivity index (χ0n) is 16.9. The number of carbonyl (C=O) groups is 2. The van der Waals surface area contributed by atoms with Crippen molar-refractivity contribution in [1.29, 1.82) is 0 Å². The number of amides is 1. The lowest BCUT2D eigenvalue weighted by Crippen LogP contribution is -2.46. The Kier molecular flexibility index (Phi) is 7.13. The Labute approximate surface area is 155 Å². The van der Waals surface area contributed by atoms with Crippen LogP contribution in [-0.4, -0.2) is 55.7 Å². The molecule has 1 N–H and O–H groups in total. The van der Waals surface area contributed by atoms with E-state index < -0.39 is 42.0 Å². The van der Waals surface area contributed by atoms with Gasteiger partial charge >= 0.3 is 19.2 Å². The molecule has 0 bridgehead atoms. The lowest BCUT2D eigenvalue weighted by molar-refractivity contribution is -0.144. The minimum absolute atomic E-state index is 0.123. The fraction of sp³-hybridized carbons (Fsp3) is 0.765. The average molecular weight is 371 g/mol. The molecule has 8 nitrogen and oxygen atoms in total. The van der Waals surface area contributed by atoms with Crippen LogP contribution in [0, 0.1) is 0 Å². The van der Waals surface area contributed by atoms with Crippen LogP contribution in [0.3, 0.4) is 0 Å². The molecule has 1 amide bonds. The molecule has 1 aliphatic rings. The second-order valence-electron chi connectivity index (χ2n) is 8.01. The van der Waals surface area contributed by atoms with E-state index in [4.69, 9.17) is 18.8 Å². The highest BCUT2D eigenvalue weighted by Gasteiger charge is 2.50. The van der Waals surface area contributed by atoms with E-state index in [0.717, 1.165) is 0 Å². The highest BCUT2D eigenvalue weighted by Crippen LogP contribution is 2.36. The third-order valence-electron chi connectivity index (χ3n) is 4.04. The molecule has 0 spiro atoms. The highest BCUT2D eigenvalue weighted by molar-refractivity contribution is 6.51. The molecule has 26 heavy (non-hydrogen) atoms. The van der Waals surface area contributed by atoms with E-state index in [1.165, 1.54) is 13.4 Å². The first-order valence-electron chi connectivity index (χ1n) is 8.49. The van der Waals surface area contributed by atoms with Crippen LogP contribution in [0.4, 0.5) is 4.79 Å². The smallest absolute Gasteiger partial charge is 0.490 e. The molecule has 0 aromatic heterocycles. The Morgan fingerprint density at radius 1 is 1.15 bits per heavy atom. The van der Waals surface area contributed by atoms with E-state index in [1.54, 1.807) is 26.7 Å². The molecule has 1 fully saturated rings. The van der Waals surface area contributed by atoms with E-state index in [-0.39, 0.29) is 6.61 Å². The summed E-state index contributed by atoms with van der Waals surface area (Å²) < 4.78 is 26.7. The van der Waals surface area contributed by atoms with E-state index in [0.29, 0.717) is 0 Å². The summed E-state index contributed by atoms with van der Waals surface area (Å²) in [5.74, 6) is 0.957. The van der Waals surface area contributed by atoms with Crippen LogP contribution in [0.2, 0.25) is 0 Å². The fourth-order valence-corrected chi connectivity index (χ4v) is 2.00. The number of methoxy groups -OCH3 is 1. The van der Waals surface area contributed by atoms with E-state index >= 15 is 0 Å². The molecule has 148 valence electrons. The average Bonchev–Trinajstić information content (AvgIpc) is 2.67. The number of esters is 1. The minimum atomic E-state index is -1.00. The second-order valence-corrected chi connectivity index (χ2v) is 8.01. The molecule has 0 aromatic carbocycles. The number of carbonyl (C=O) groups excluding carboxylic acids is 2. The first-order chi connectivity index (χ1) is 11.8. The van der Waals surface area contributed by atoms with Gasteiger partial charge in [-0.25, -0.2) is 9.59 Å². The number of alkyl carbamates (subject to hydrolysis) is 1. The molecule has 1 saturated heterocycles. The number of hydrogen-bond acceptors (Lipinski definition) is 7. The van der Waals surface area contributed by atoms with Crippen molar-refractivity contribution < 1.29 is 33.1 Å². The van der Waals surface area contributed by atoms with Crippen LogP contribution in [0.5, 0.6) is 0 Å². The van der Waals surface area contributed by atoms with Crippen molar-refractivity contribution in [2.75, 3.05) is 13.7 Å². The van der Waals surface area contributed by atoms with Crippen molar-refractivity contribution in [2.45, 2.75) is 71.3 Å². The van der Waals surface area contributed by atoms with Gasteiger partial charge in [-0.2, -0.15) is 0 Å². The van der Waals surface area contributed by atoms with E-state index in [9.17, 15) is 9.59 Å². The Balaban J connectivity index is 2.55. The second kappa shape index (κ2) is 8.31. The zero-order chi connectivity index (χ0) is 20.2. The molecular formula is C17H30BNO7. The van der Waals surface area contributed by atoms with Crippen molar-refractivity contribution in [3.05, 3.63) is 12.2 Å². The van der Waals surface area contributed by atoms with Crippen LogP contribution in [0.15, 0.2) is 12.2 Å². The third-order valence-corrected chi connectivity index (χ3v) is 4.04. The van der Waals surface area contributed by atoms with Gasteiger partial charge in [0.1, 0.15) is 12.2 Å². The Bertz CT molecular complexity index is 524. The van der Waals surface area contributed by atoms with Gasteiger partial charge in [-0.3, -0.25) is 0 Å². The first-order valence-corrected chi connectivity index (χ1v) is 8.49. The van der Waals surface area contributed by atoms with Gasteiger partial charge < -0.3 is 28.8 Å². The number of rotatable bonds is 6. The standard InChI is InChI=1S/C17H30BNO7/c1-15(2,3)24-14(21)19-12(13(20)22-8)11-23-10-9-18-25-16(4,5)17(6,7)26-18/h9-10,12H,11H2,1-8H3,(H,19,21)/b10-9+/t12-/m0/s1. The number of ether oxygens (including phenoxy) is 3. The van der Waals surface area contributed by atoms with Gasteiger partial charge in [-0.05, 0) is 54.4 Å². The van der Waals surface area contributed by atoms with Crippen LogP contribution in [0.1, 0.15) is 48.5 Å². The van der Waals surface area contributed by atoms with Gasteiger partial charge in [0.05, 0.1) is 24.6 Å². The van der Waals surface area contributed by atoms with Gasteiger partial charge in [0.25, 0.3) is 0 Å². The zero-order valence-corrected chi connectivity index (χ0v) is 16.9. The molecule has 1 aliphatic heterocycles. The van der Waals surface area contributed by atoms with Crippen molar-refractivity contribution in [2.24, 2.45) is 0 Å². The van der Waals surface area contributed by atoms with Gasteiger partial charge in [-0.1, -0.05) is 0 Å². The van der Waals surface area contributed by atoms with Crippen molar-refractivity contribution in [3.63, 3.8) is 0 Å². The predicted octanol–water partition coefficient (Wildman–Crippen LogP) is 2.21. The molecular weight excluding hydrogens is 341 g/mol. The molecule has 0 saturated carbocycles. The van der Waals surface area contributed by atoms with Gasteiger partial charge in [-0.15, -0.1) is 0 Å². The number of hydrogen-bond donors (Lipinski definition) is 1. The lowest BCUT2D eigenvalue weighted by atomic mass is 9.90. The summed E-state index contributed by atoms with van der Waals surface area (Å²) in [6.45, 7) is 12.8. The maximum absolute atomic E-state index is 11.8. The topological polar surface area (TPSA) is 92.3 Å². The first kappa shape index (κ1) is 22.3. The third kappa shape index (κ3) is 6.53. The molecule has 1 heterocycles. The number of nitrogens with one attached hydrogen (secondary N) is 1. The monoisotopic (exact) mass is 371 g/mol. The summed E-state index contributed by atoms with van der Waals surface area (Å²) in [7, 11) is 0.669. The molecule has 0 aliphatic carbocycles. The molecule has 0 aromatic rings. The highest BCUT2D eigenvalue weighted by atomic mass is 16.7. The van der Waals surface area contributed by atoms with Crippen LogP contribution in [-0.2, 0) is 28.3 Å². The van der Waals surface area contributed by atoms with Crippen molar-refractivity contribution in [1.82, 2.24) is 5.32 Å². The maximum atomic E-state index is 11.8. The molecule has 1 atom stereocenters. The van der Waals surface area contributed by atoms with Gasteiger partial charge in [0, 0.05) is 0 Å². The molecule has 9 heteroatoms. The molecule has 0 unspecified atom stereocenters. The summed E-state index contributed by atoms with van der Waals surface area (Å²) in [5, 5.41) is 2.42. The predicted molar refractivity (Wildman–Crippen MR) is 96.3 cm³/mol. The summed E-state index contributed by atoms with van der Waals surface area (Å²) in [6.07, 6.45) is 0.640. The Morgan fingerprint density at radius 2 is 1.69 bits per heavy atom. The summed E-state index contributed by atoms with van der Waals surface area (Å²) >= 11 is 0. The summed E-state index contributed by atoms with van der Waals surface area (Å²) in [5.41, 5.74) is -1.58. The Morgan fingerprint density at radius 3 is 2.15 bits per heavy atom. The minimum Gasteiger partial charge on any atom is -0.499 e. The molecule has 0 radical (unpaired) electrons. The van der Waals surface area contributed by atoms with Crippen molar-refractivity contribution in [3.8, 4) is 0 Å². The van der Waals surface area contributed by atoms with Crippen LogP contribution in [0.25, 0.3) is 0 Å². The van der Waals surface area contributed by atoms with E-state index in [1.807, 2.05) is 27.7 Å². The largest absolute Gasteiger partial charge is 0.499 e. The normalized spacial score (nSPS) is 19.9. The summed E-state index contributed by atoms with van der Waals surface area (Å²) in [4.78, 5) is 23.6. The fourth-order valence-electron chi connectivity index (χ4n) is 2.00. The summed E-state index contributed by atoms with van der Waals surface area (Å²) in [6, 6.07) is -1.00. The van der Waals surface area contributed by atoms with Gasteiger partial charge in [0.2, 0.25) is 0 Å². The molecule has 1 rings (SSSR count). The van der Waals surface area contributed by atoms with Crippen molar-refractivity contribution >= 4 is 19.2 Å². The SMILES string of the molecule is COC(=O)[C@H](CO/C=C/B1OC(C)(C)C(C)(C)O1)NC(=O)OC(C)(C)C. The maximum Gasteiger partial charge on any atom is 0.490 e. The quantitative estimate of drug-likeness (QED) is 0.435. The van der Waals surface area contributed by atoms with Gasteiger partial charge in [0.15, 0.2) is 6.04 Å². The Hall–Kier alpha value is -1.74. The van der Waals surface area contributed by atoms with Crippen LogP contribution >= 0.6 is 0 Å². The van der Waals surface area contributed by atoms with Crippen LogP contribution < -0.4 is 5.32 Å².